The summed E-state index contributed by atoms with van der Waals surface area (Å²) in [4.78, 5) is 11.1. The Labute approximate surface area is 216 Å². The van der Waals surface area contributed by atoms with Crippen LogP contribution >= 0.6 is 0 Å². The number of alkyl halides is 3. The van der Waals surface area contributed by atoms with Gasteiger partial charge in [-0.1, -0.05) is 12.1 Å². The third kappa shape index (κ3) is 4.44. The number of nitrogens with one attached hydrogen (secondary N) is 1. The Morgan fingerprint density at radius 3 is 2.63 bits per heavy atom. The van der Waals surface area contributed by atoms with Gasteiger partial charge in [0.05, 0.1) is 42.5 Å². The number of benzene rings is 2. The topological polar surface area (TPSA) is 105 Å². The van der Waals surface area contributed by atoms with Crippen molar-refractivity contribution in [1.82, 2.24) is 24.7 Å². The van der Waals surface area contributed by atoms with Crippen LogP contribution in [0.1, 0.15) is 47.1 Å². The first-order chi connectivity index (χ1) is 18.1. The molecular formula is C26H25F3N8O. The lowest BCUT2D eigenvalue weighted by Crippen LogP contribution is -2.35. The van der Waals surface area contributed by atoms with Crippen LogP contribution in [0.5, 0.6) is 5.75 Å². The first-order valence-electron chi connectivity index (χ1n) is 12.0. The van der Waals surface area contributed by atoms with E-state index in [0.717, 1.165) is 21.1 Å². The zero-order valence-corrected chi connectivity index (χ0v) is 21.3. The number of ether oxygens (including phenoxy) is 1. The second-order valence-corrected chi connectivity index (χ2v) is 9.17. The summed E-state index contributed by atoms with van der Waals surface area (Å²) < 4.78 is 46.7. The van der Waals surface area contributed by atoms with Gasteiger partial charge in [0.1, 0.15) is 17.4 Å². The van der Waals surface area contributed by atoms with E-state index >= 15 is 0 Å². The largest absolute Gasteiger partial charge is 0.495 e. The molecule has 2 aromatic carbocycles. The summed E-state index contributed by atoms with van der Waals surface area (Å²) in [5, 5.41) is 20.8. The van der Waals surface area contributed by atoms with Crippen LogP contribution in [0, 0.1) is 25.2 Å². The summed E-state index contributed by atoms with van der Waals surface area (Å²) in [6.45, 7) is 6.23. The minimum Gasteiger partial charge on any atom is -0.495 e. The van der Waals surface area contributed by atoms with Gasteiger partial charge in [0.25, 0.3) is 0 Å². The lowest BCUT2D eigenvalue weighted by atomic mass is 9.98. The molecule has 1 N–H and O–H groups in total. The van der Waals surface area contributed by atoms with Gasteiger partial charge in [0, 0.05) is 24.5 Å². The van der Waals surface area contributed by atoms with Crippen molar-refractivity contribution in [2.24, 2.45) is 0 Å². The van der Waals surface area contributed by atoms with Gasteiger partial charge >= 0.3 is 6.18 Å². The molecule has 0 saturated heterocycles. The SMILES string of the molecule is COc1cc2nc(C)nc(N[C@H](C)c3cccc(C#N)c3C)c2cc1N1CCn2c(nnc2C(F)(F)F)C1. The van der Waals surface area contributed by atoms with Gasteiger partial charge in [-0.2, -0.15) is 18.4 Å². The van der Waals surface area contributed by atoms with E-state index in [1.54, 1.807) is 26.2 Å². The zero-order chi connectivity index (χ0) is 27.2. The van der Waals surface area contributed by atoms with Crippen molar-refractivity contribution in [1.29, 1.82) is 5.26 Å². The highest BCUT2D eigenvalue weighted by atomic mass is 19.4. The van der Waals surface area contributed by atoms with E-state index in [1.165, 1.54) is 0 Å². The summed E-state index contributed by atoms with van der Waals surface area (Å²) in [6.07, 6.45) is -4.56. The number of nitrogens with zero attached hydrogens (tertiary/aromatic N) is 7. The first-order valence-corrected chi connectivity index (χ1v) is 12.0. The van der Waals surface area contributed by atoms with Crippen LogP contribution < -0.4 is 15.0 Å². The van der Waals surface area contributed by atoms with Crippen molar-refractivity contribution < 1.29 is 17.9 Å². The van der Waals surface area contributed by atoms with Crippen LogP contribution in [-0.2, 0) is 19.3 Å². The summed E-state index contributed by atoms with van der Waals surface area (Å²) in [5.41, 5.74) is 3.82. The molecule has 5 rings (SSSR count). The maximum atomic E-state index is 13.3. The molecule has 2 aromatic heterocycles. The van der Waals surface area contributed by atoms with E-state index in [4.69, 9.17) is 4.74 Å². The molecule has 3 heterocycles. The molecule has 9 nitrogen and oxygen atoms in total. The molecule has 0 aliphatic carbocycles. The van der Waals surface area contributed by atoms with Gasteiger partial charge in [-0.3, -0.25) is 0 Å². The molecule has 196 valence electrons. The van der Waals surface area contributed by atoms with Crippen molar-refractivity contribution in [2.75, 3.05) is 23.9 Å². The standard InChI is InChI=1S/C26H25F3N8O/c1-14-17(12-30)6-5-7-18(14)15(2)31-24-19-10-21(22(38-4)11-20(19)32-16(3)33-24)36-8-9-37-23(13-36)34-35-25(37)26(27,28)29/h5-7,10-11,15H,8-9,13H2,1-4H3,(H,31,32,33)/t15-/m1/s1. The Morgan fingerprint density at radius 1 is 1.13 bits per heavy atom. The minimum absolute atomic E-state index is 0.0828. The highest BCUT2D eigenvalue weighted by Crippen LogP contribution is 2.38. The number of rotatable bonds is 5. The molecule has 1 aliphatic heterocycles. The average Bonchev–Trinajstić information content (AvgIpc) is 3.32. The highest BCUT2D eigenvalue weighted by Gasteiger charge is 2.39. The maximum absolute atomic E-state index is 13.3. The molecule has 38 heavy (non-hydrogen) atoms. The van der Waals surface area contributed by atoms with Crippen molar-refractivity contribution >= 4 is 22.4 Å². The number of halogens is 3. The number of methoxy groups -OCH3 is 1. The summed E-state index contributed by atoms with van der Waals surface area (Å²) in [6, 6.07) is 11.3. The summed E-state index contributed by atoms with van der Waals surface area (Å²) in [7, 11) is 1.54. The number of fused-ring (bicyclic) bond motifs is 2. The second-order valence-electron chi connectivity index (χ2n) is 9.17. The Bertz CT molecular complexity index is 1570. The Balaban J connectivity index is 1.54. The Morgan fingerprint density at radius 2 is 1.92 bits per heavy atom. The van der Waals surface area contributed by atoms with E-state index in [0.29, 0.717) is 40.7 Å². The van der Waals surface area contributed by atoms with Gasteiger partial charge in [0.2, 0.25) is 5.82 Å². The fourth-order valence-electron chi connectivity index (χ4n) is 4.88. The molecule has 12 heteroatoms. The predicted molar refractivity (Wildman–Crippen MR) is 135 cm³/mol. The zero-order valence-electron chi connectivity index (χ0n) is 21.3. The third-order valence-electron chi connectivity index (χ3n) is 6.77. The van der Waals surface area contributed by atoms with Gasteiger partial charge in [-0.25, -0.2) is 9.97 Å². The molecule has 1 aliphatic rings. The number of anilines is 2. The number of hydrogen-bond acceptors (Lipinski definition) is 8. The monoisotopic (exact) mass is 522 g/mol. The molecule has 4 aromatic rings. The van der Waals surface area contributed by atoms with E-state index in [2.05, 4.69) is 31.6 Å². The third-order valence-corrected chi connectivity index (χ3v) is 6.77. The fourth-order valence-corrected chi connectivity index (χ4v) is 4.88. The number of aryl methyl sites for hydroxylation is 1. The fraction of sp³-hybridized carbons (Fsp3) is 0.346. The minimum atomic E-state index is -4.56. The quantitative estimate of drug-likeness (QED) is 0.393. The Kier molecular flexibility index (Phi) is 6.30. The van der Waals surface area contributed by atoms with Crippen molar-refractivity contribution in [3.05, 3.63) is 64.5 Å². The van der Waals surface area contributed by atoms with Crippen LogP contribution in [0.25, 0.3) is 10.9 Å². The molecule has 0 spiro atoms. The molecule has 0 unspecified atom stereocenters. The van der Waals surface area contributed by atoms with Crippen molar-refractivity contribution in [3.8, 4) is 11.8 Å². The van der Waals surface area contributed by atoms with E-state index in [-0.39, 0.29) is 25.0 Å². The van der Waals surface area contributed by atoms with Crippen LogP contribution in [0.3, 0.4) is 0 Å². The Hall–Kier alpha value is -4.40. The molecular weight excluding hydrogens is 497 g/mol. The van der Waals surface area contributed by atoms with E-state index in [9.17, 15) is 18.4 Å². The van der Waals surface area contributed by atoms with Gasteiger partial charge < -0.3 is 19.5 Å². The van der Waals surface area contributed by atoms with Crippen LogP contribution in [0.4, 0.5) is 24.7 Å². The first kappa shape index (κ1) is 25.3. The lowest BCUT2D eigenvalue weighted by molar-refractivity contribution is -0.147. The summed E-state index contributed by atoms with van der Waals surface area (Å²) >= 11 is 0. The molecule has 0 amide bonds. The van der Waals surface area contributed by atoms with Crippen molar-refractivity contribution in [2.45, 2.75) is 46.1 Å². The second kappa shape index (κ2) is 9.48. The van der Waals surface area contributed by atoms with Crippen LogP contribution in [0.15, 0.2) is 30.3 Å². The van der Waals surface area contributed by atoms with E-state index in [1.807, 2.05) is 36.9 Å². The predicted octanol–water partition coefficient (Wildman–Crippen LogP) is 4.93. The van der Waals surface area contributed by atoms with Gasteiger partial charge in [-0.15, -0.1) is 10.2 Å². The molecule has 0 saturated carbocycles. The number of aromatic nitrogens is 5. The molecule has 0 fully saturated rings. The lowest BCUT2D eigenvalue weighted by Gasteiger charge is -2.31. The average molecular weight is 523 g/mol. The molecule has 0 radical (unpaired) electrons. The smallest absolute Gasteiger partial charge is 0.451 e. The normalized spacial score (nSPS) is 14.2. The number of nitriles is 1. The highest BCUT2D eigenvalue weighted by molar-refractivity contribution is 5.94. The van der Waals surface area contributed by atoms with Crippen LogP contribution in [-0.4, -0.2) is 38.4 Å². The van der Waals surface area contributed by atoms with Gasteiger partial charge in [-0.05, 0) is 44.0 Å². The van der Waals surface area contributed by atoms with Crippen molar-refractivity contribution in [3.63, 3.8) is 0 Å². The maximum Gasteiger partial charge on any atom is 0.451 e. The van der Waals surface area contributed by atoms with E-state index < -0.39 is 12.0 Å². The molecule has 0 bridgehead atoms. The summed E-state index contributed by atoms with van der Waals surface area (Å²) in [5.74, 6) is 0.945. The van der Waals surface area contributed by atoms with Crippen LogP contribution in [0.2, 0.25) is 0 Å². The molecule has 1 atom stereocenters. The number of hydrogen-bond donors (Lipinski definition) is 1. The van der Waals surface area contributed by atoms with Gasteiger partial charge in [0.15, 0.2) is 5.82 Å².